The Hall–Kier alpha value is -3.40. The van der Waals surface area contributed by atoms with Crippen LogP contribution in [0, 0.1) is 11.8 Å². The molecule has 0 aromatic heterocycles. The van der Waals surface area contributed by atoms with E-state index in [0.29, 0.717) is 18.2 Å². The van der Waals surface area contributed by atoms with Gasteiger partial charge in [0, 0.05) is 11.8 Å². The molecule has 4 nitrogen and oxygen atoms in total. The number of benzene rings is 3. The van der Waals surface area contributed by atoms with Gasteiger partial charge < -0.3 is 4.74 Å². The van der Waals surface area contributed by atoms with E-state index in [0.717, 1.165) is 25.0 Å². The van der Waals surface area contributed by atoms with Crippen LogP contribution in [-0.4, -0.2) is 18.4 Å². The van der Waals surface area contributed by atoms with Crippen LogP contribution in [0.4, 0.5) is 5.69 Å². The molecule has 7 rings (SSSR count). The first-order chi connectivity index (χ1) is 17.5. The van der Waals surface area contributed by atoms with Crippen molar-refractivity contribution in [2.75, 3.05) is 11.5 Å². The number of carbonyl (C=O) groups excluding carboxylic acids is 2. The van der Waals surface area contributed by atoms with Crippen molar-refractivity contribution in [3.8, 4) is 5.75 Å². The third kappa shape index (κ3) is 3.34. The summed E-state index contributed by atoms with van der Waals surface area (Å²) in [6.45, 7) is 7.26. The van der Waals surface area contributed by atoms with Gasteiger partial charge in [-0.3, -0.25) is 9.59 Å². The van der Waals surface area contributed by atoms with Crippen molar-refractivity contribution < 1.29 is 14.3 Å². The molecule has 5 unspecified atom stereocenters. The smallest absolute Gasteiger partial charge is 0.238 e. The highest BCUT2D eigenvalue weighted by atomic mass is 16.5. The molecule has 1 aliphatic heterocycles. The van der Waals surface area contributed by atoms with E-state index in [4.69, 9.17) is 4.74 Å². The molecule has 2 bridgehead atoms. The average Bonchev–Trinajstić information content (AvgIpc) is 3.18. The Bertz CT molecular complexity index is 1330. The lowest BCUT2D eigenvalue weighted by molar-refractivity contribution is -0.122. The third-order valence-electron chi connectivity index (χ3n) is 8.61. The number of nitrogens with zero attached hydrogens (tertiary/aromatic N) is 1. The molecule has 0 saturated carbocycles. The molecular formula is C32H33NO3. The van der Waals surface area contributed by atoms with E-state index in [1.54, 1.807) is 0 Å². The summed E-state index contributed by atoms with van der Waals surface area (Å²) in [5, 5.41) is 0. The standard InChI is InChI=1S/C32H33NO3/c1-4-6-17-36-22-14-12-21(13-15-22)33-31(34)29-27-23-9-7-8-10-24(23)28(30(29)32(33)35)26-18-20(19(3)5-2)11-16-25(26)27/h7-16,18-19,27-30H,4-6,17H2,1-3H3. The molecule has 5 atom stereocenters. The van der Waals surface area contributed by atoms with Crippen LogP contribution in [0.2, 0.25) is 0 Å². The molecule has 36 heavy (non-hydrogen) atoms. The van der Waals surface area contributed by atoms with Gasteiger partial charge in [0.1, 0.15) is 5.75 Å². The molecule has 0 spiro atoms. The fourth-order valence-electron chi connectivity index (χ4n) is 6.57. The number of hydrogen-bond acceptors (Lipinski definition) is 3. The fraction of sp³-hybridized carbons (Fsp3) is 0.375. The summed E-state index contributed by atoms with van der Waals surface area (Å²) in [5.74, 6) is 0.166. The van der Waals surface area contributed by atoms with Crippen molar-refractivity contribution in [3.05, 3.63) is 94.5 Å². The molecule has 1 saturated heterocycles. The van der Waals surface area contributed by atoms with Crippen LogP contribution in [0.1, 0.15) is 85.6 Å². The van der Waals surface area contributed by atoms with E-state index in [9.17, 15) is 9.59 Å². The molecule has 184 valence electrons. The second kappa shape index (κ2) is 8.92. The zero-order valence-electron chi connectivity index (χ0n) is 21.2. The number of imide groups is 1. The maximum atomic E-state index is 14.0. The van der Waals surface area contributed by atoms with Crippen molar-refractivity contribution in [3.63, 3.8) is 0 Å². The summed E-state index contributed by atoms with van der Waals surface area (Å²) in [5.41, 5.74) is 6.81. The molecule has 3 aromatic rings. The van der Waals surface area contributed by atoms with Crippen LogP contribution in [0.5, 0.6) is 5.75 Å². The molecule has 3 aromatic carbocycles. The zero-order chi connectivity index (χ0) is 25.0. The van der Waals surface area contributed by atoms with Gasteiger partial charge >= 0.3 is 0 Å². The van der Waals surface area contributed by atoms with Crippen molar-refractivity contribution in [2.45, 2.75) is 57.8 Å². The van der Waals surface area contributed by atoms with Crippen molar-refractivity contribution in [1.29, 1.82) is 0 Å². The fourth-order valence-corrected chi connectivity index (χ4v) is 6.57. The van der Waals surface area contributed by atoms with Gasteiger partial charge in [0.05, 0.1) is 24.1 Å². The molecule has 0 N–H and O–H groups in total. The van der Waals surface area contributed by atoms with E-state index in [2.05, 4.69) is 63.2 Å². The summed E-state index contributed by atoms with van der Waals surface area (Å²) in [6.07, 6.45) is 3.14. The normalized spacial score (nSPS) is 24.4. The first-order valence-electron chi connectivity index (χ1n) is 13.4. The van der Waals surface area contributed by atoms with Crippen LogP contribution in [-0.2, 0) is 9.59 Å². The van der Waals surface area contributed by atoms with Gasteiger partial charge in [-0.2, -0.15) is 0 Å². The van der Waals surface area contributed by atoms with Gasteiger partial charge in [0.25, 0.3) is 0 Å². The molecule has 4 heteroatoms. The Kier molecular flexibility index (Phi) is 5.70. The number of anilines is 1. The molecule has 2 amide bonds. The third-order valence-corrected chi connectivity index (χ3v) is 8.61. The van der Waals surface area contributed by atoms with Crippen LogP contribution < -0.4 is 9.64 Å². The minimum absolute atomic E-state index is 0.0752. The summed E-state index contributed by atoms with van der Waals surface area (Å²) in [7, 11) is 0. The highest BCUT2D eigenvalue weighted by Gasteiger charge is 2.61. The first-order valence-corrected chi connectivity index (χ1v) is 13.4. The summed E-state index contributed by atoms with van der Waals surface area (Å²) in [4.78, 5) is 29.4. The van der Waals surface area contributed by atoms with Gasteiger partial charge in [-0.25, -0.2) is 4.90 Å². The number of rotatable bonds is 7. The van der Waals surface area contributed by atoms with Crippen molar-refractivity contribution in [2.24, 2.45) is 11.8 Å². The maximum Gasteiger partial charge on any atom is 0.238 e. The number of hydrogen-bond donors (Lipinski definition) is 0. The topological polar surface area (TPSA) is 46.6 Å². The Morgan fingerprint density at radius 3 is 2.03 bits per heavy atom. The van der Waals surface area contributed by atoms with Gasteiger partial charge in [-0.1, -0.05) is 69.7 Å². The van der Waals surface area contributed by atoms with Crippen molar-refractivity contribution >= 4 is 17.5 Å². The Labute approximate surface area is 213 Å². The van der Waals surface area contributed by atoms with Crippen LogP contribution in [0.25, 0.3) is 0 Å². The largest absolute Gasteiger partial charge is 0.494 e. The molecule has 4 aliphatic rings. The lowest BCUT2D eigenvalue weighted by atomic mass is 9.54. The molecule has 1 heterocycles. The predicted octanol–water partition coefficient (Wildman–Crippen LogP) is 6.78. The van der Waals surface area contributed by atoms with Gasteiger partial charge in [-0.05, 0) is 70.8 Å². The monoisotopic (exact) mass is 479 g/mol. The summed E-state index contributed by atoms with van der Waals surface area (Å²) in [6, 6.07) is 22.6. The quantitative estimate of drug-likeness (QED) is 0.277. The highest BCUT2D eigenvalue weighted by molar-refractivity contribution is 6.23. The van der Waals surface area contributed by atoms with E-state index >= 15 is 0 Å². The number of carbonyl (C=O) groups is 2. The van der Waals surface area contributed by atoms with E-state index in [1.165, 1.54) is 32.7 Å². The number of ether oxygens (including phenoxy) is 1. The lowest BCUT2D eigenvalue weighted by Crippen LogP contribution is -2.41. The minimum Gasteiger partial charge on any atom is -0.494 e. The zero-order valence-corrected chi connectivity index (χ0v) is 21.2. The summed E-state index contributed by atoms with van der Waals surface area (Å²) < 4.78 is 5.79. The Morgan fingerprint density at radius 2 is 1.42 bits per heavy atom. The number of unbranched alkanes of at least 4 members (excludes halogenated alkanes) is 1. The van der Waals surface area contributed by atoms with Gasteiger partial charge in [-0.15, -0.1) is 0 Å². The molecule has 0 radical (unpaired) electrons. The Balaban J connectivity index is 1.41. The SMILES string of the molecule is CCCCOc1ccc(N2C(=O)C3C4c5ccccc5C(c5cc(C(C)CC)ccc54)C3C2=O)cc1. The van der Waals surface area contributed by atoms with E-state index in [-0.39, 0.29) is 35.5 Å². The maximum absolute atomic E-state index is 14.0. The highest BCUT2D eigenvalue weighted by Crippen LogP contribution is 2.61. The molecule has 1 fully saturated rings. The lowest BCUT2D eigenvalue weighted by Gasteiger charge is -2.46. The average molecular weight is 480 g/mol. The minimum atomic E-state index is -0.363. The van der Waals surface area contributed by atoms with Crippen LogP contribution in [0.3, 0.4) is 0 Å². The Morgan fingerprint density at radius 1 is 0.806 bits per heavy atom. The second-order valence-corrected chi connectivity index (χ2v) is 10.5. The predicted molar refractivity (Wildman–Crippen MR) is 142 cm³/mol. The van der Waals surface area contributed by atoms with Gasteiger partial charge in [0.2, 0.25) is 11.8 Å². The van der Waals surface area contributed by atoms with Gasteiger partial charge in [0.15, 0.2) is 0 Å². The van der Waals surface area contributed by atoms with Crippen molar-refractivity contribution in [1.82, 2.24) is 0 Å². The van der Waals surface area contributed by atoms with E-state index < -0.39 is 0 Å². The first kappa shape index (κ1) is 23.0. The van der Waals surface area contributed by atoms with E-state index in [1.807, 2.05) is 24.3 Å². The van der Waals surface area contributed by atoms with Crippen LogP contribution >= 0.6 is 0 Å². The van der Waals surface area contributed by atoms with Crippen LogP contribution in [0.15, 0.2) is 66.7 Å². The molecular weight excluding hydrogens is 446 g/mol. The summed E-state index contributed by atoms with van der Waals surface area (Å²) >= 11 is 0. The number of amides is 2. The molecule has 3 aliphatic carbocycles. The second-order valence-electron chi connectivity index (χ2n) is 10.5.